The third-order valence-electron chi connectivity index (χ3n) is 3.57. The highest BCUT2D eigenvalue weighted by Gasteiger charge is 2.48. The summed E-state index contributed by atoms with van der Waals surface area (Å²) in [6.45, 7) is 3.98. The lowest BCUT2D eigenvalue weighted by atomic mass is 9.81. The number of amides is 2. The quantitative estimate of drug-likeness (QED) is 0.613. The van der Waals surface area contributed by atoms with Gasteiger partial charge in [-0.2, -0.15) is 0 Å². The number of likely N-dealkylation sites (tertiary alicyclic amines) is 1. The summed E-state index contributed by atoms with van der Waals surface area (Å²) in [5.74, 6) is 5.45. The first-order valence-electron chi connectivity index (χ1n) is 6.39. The highest BCUT2D eigenvalue weighted by molar-refractivity contribution is 6.08. The minimum absolute atomic E-state index is 0.103. The summed E-state index contributed by atoms with van der Waals surface area (Å²) < 4.78 is 0. The Morgan fingerprint density at radius 2 is 1.95 bits per heavy atom. The molecule has 1 atom stereocenters. The summed E-state index contributed by atoms with van der Waals surface area (Å²) in [6.07, 6.45) is 0.786. The van der Waals surface area contributed by atoms with Crippen LogP contribution in [0, 0.1) is 11.8 Å². The van der Waals surface area contributed by atoms with Crippen molar-refractivity contribution in [3.8, 4) is 11.8 Å². The van der Waals surface area contributed by atoms with E-state index >= 15 is 0 Å². The number of rotatable bonds is 3. The van der Waals surface area contributed by atoms with Crippen LogP contribution in [-0.2, 0) is 15.0 Å². The second kappa shape index (κ2) is 5.27. The molecule has 0 aliphatic carbocycles. The molecule has 1 saturated heterocycles. The van der Waals surface area contributed by atoms with E-state index in [4.69, 9.17) is 0 Å². The number of hydrogen-bond donors (Lipinski definition) is 0. The second-order valence-corrected chi connectivity index (χ2v) is 4.90. The highest BCUT2D eigenvalue weighted by atomic mass is 16.2. The molecule has 1 aromatic rings. The van der Waals surface area contributed by atoms with Crippen molar-refractivity contribution in [2.45, 2.75) is 32.1 Å². The fourth-order valence-electron chi connectivity index (χ4n) is 2.44. The minimum Gasteiger partial charge on any atom is -0.281 e. The predicted octanol–water partition coefficient (Wildman–Crippen LogP) is 2.12. The Labute approximate surface area is 113 Å². The van der Waals surface area contributed by atoms with Gasteiger partial charge >= 0.3 is 0 Å². The van der Waals surface area contributed by atoms with Crippen LogP contribution < -0.4 is 0 Å². The van der Waals surface area contributed by atoms with E-state index in [-0.39, 0.29) is 18.2 Å². The van der Waals surface area contributed by atoms with Gasteiger partial charge in [0.1, 0.15) is 0 Å². The van der Waals surface area contributed by atoms with Gasteiger partial charge in [0, 0.05) is 19.4 Å². The Morgan fingerprint density at radius 3 is 2.58 bits per heavy atom. The maximum absolute atomic E-state index is 12.5. The first-order valence-corrected chi connectivity index (χ1v) is 6.39. The van der Waals surface area contributed by atoms with E-state index < -0.39 is 5.41 Å². The molecular formula is C16H17NO2. The third kappa shape index (κ3) is 2.39. The SMILES string of the molecule is CC#CCCN1C(=O)CC(C)(c2ccccc2)C1=O. The average Bonchev–Trinajstić information content (AvgIpc) is 2.64. The van der Waals surface area contributed by atoms with Gasteiger partial charge in [0.2, 0.25) is 11.8 Å². The second-order valence-electron chi connectivity index (χ2n) is 4.90. The van der Waals surface area contributed by atoms with Crippen molar-refractivity contribution < 1.29 is 9.59 Å². The van der Waals surface area contributed by atoms with E-state index in [1.807, 2.05) is 37.3 Å². The summed E-state index contributed by atoms with van der Waals surface area (Å²) in [7, 11) is 0. The van der Waals surface area contributed by atoms with Crippen molar-refractivity contribution in [1.29, 1.82) is 0 Å². The molecule has 1 unspecified atom stereocenters. The number of nitrogens with zero attached hydrogens (tertiary/aromatic N) is 1. The van der Waals surface area contributed by atoms with Crippen molar-refractivity contribution in [1.82, 2.24) is 4.90 Å². The lowest BCUT2D eigenvalue weighted by molar-refractivity contribution is -0.139. The molecule has 98 valence electrons. The van der Waals surface area contributed by atoms with Crippen LogP contribution >= 0.6 is 0 Å². The molecule has 1 heterocycles. The zero-order chi connectivity index (χ0) is 13.9. The number of imide groups is 1. The number of carbonyl (C=O) groups excluding carboxylic acids is 2. The molecule has 1 aliphatic rings. The van der Waals surface area contributed by atoms with Gasteiger partial charge in [-0.1, -0.05) is 30.3 Å². The highest BCUT2D eigenvalue weighted by Crippen LogP contribution is 2.36. The van der Waals surface area contributed by atoms with Gasteiger partial charge in [-0.15, -0.1) is 11.8 Å². The average molecular weight is 255 g/mol. The molecule has 0 bridgehead atoms. The Morgan fingerprint density at radius 1 is 1.26 bits per heavy atom. The first kappa shape index (κ1) is 13.4. The maximum Gasteiger partial charge on any atom is 0.240 e. The number of benzene rings is 1. The zero-order valence-electron chi connectivity index (χ0n) is 11.3. The first-order chi connectivity index (χ1) is 9.09. The van der Waals surface area contributed by atoms with Crippen LogP contribution in [0.1, 0.15) is 32.3 Å². The summed E-state index contributed by atoms with van der Waals surface area (Å²) in [5.41, 5.74) is 0.176. The van der Waals surface area contributed by atoms with Crippen LogP contribution in [0.25, 0.3) is 0 Å². The lowest BCUT2D eigenvalue weighted by Gasteiger charge is -2.22. The van der Waals surface area contributed by atoms with Gasteiger partial charge in [0.25, 0.3) is 0 Å². The van der Waals surface area contributed by atoms with Crippen LogP contribution in [0.4, 0.5) is 0 Å². The molecule has 3 heteroatoms. The van der Waals surface area contributed by atoms with E-state index in [0.717, 1.165) is 5.56 Å². The van der Waals surface area contributed by atoms with Crippen LogP contribution in [0.3, 0.4) is 0 Å². The van der Waals surface area contributed by atoms with Crippen molar-refractivity contribution in [3.63, 3.8) is 0 Å². The fraction of sp³-hybridized carbons (Fsp3) is 0.375. The topological polar surface area (TPSA) is 37.4 Å². The van der Waals surface area contributed by atoms with Crippen molar-refractivity contribution in [3.05, 3.63) is 35.9 Å². The van der Waals surface area contributed by atoms with Gasteiger partial charge in [0.05, 0.1) is 5.41 Å². The van der Waals surface area contributed by atoms with Crippen molar-refractivity contribution >= 4 is 11.8 Å². The van der Waals surface area contributed by atoms with Crippen molar-refractivity contribution in [2.24, 2.45) is 0 Å². The molecule has 1 fully saturated rings. The molecular weight excluding hydrogens is 238 g/mol. The zero-order valence-corrected chi connectivity index (χ0v) is 11.3. The summed E-state index contributed by atoms with van der Waals surface area (Å²) in [6, 6.07) is 9.50. The smallest absolute Gasteiger partial charge is 0.240 e. The van der Waals surface area contributed by atoms with Gasteiger partial charge in [-0.25, -0.2) is 0 Å². The number of carbonyl (C=O) groups is 2. The third-order valence-corrected chi connectivity index (χ3v) is 3.57. The summed E-state index contributed by atoms with van der Waals surface area (Å²) >= 11 is 0. The van der Waals surface area contributed by atoms with E-state index in [1.54, 1.807) is 6.92 Å². The fourth-order valence-corrected chi connectivity index (χ4v) is 2.44. The largest absolute Gasteiger partial charge is 0.281 e. The summed E-state index contributed by atoms with van der Waals surface area (Å²) in [5, 5.41) is 0. The van der Waals surface area contributed by atoms with Gasteiger partial charge in [-0.3, -0.25) is 14.5 Å². The van der Waals surface area contributed by atoms with Crippen LogP contribution in [0.5, 0.6) is 0 Å². The number of hydrogen-bond acceptors (Lipinski definition) is 2. The lowest BCUT2D eigenvalue weighted by Crippen LogP contribution is -2.37. The molecule has 19 heavy (non-hydrogen) atoms. The molecule has 2 amide bonds. The van der Waals surface area contributed by atoms with E-state index in [0.29, 0.717) is 13.0 Å². The van der Waals surface area contributed by atoms with E-state index in [2.05, 4.69) is 11.8 Å². The molecule has 0 saturated carbocycles. The molecule has 0 spiro atoms. The molecule has 3 nitrogen and oxygen atoms in total. The van der Waals surface area contributed by atoms with Crippen LogP contribution in [0.2, 0.25) is 0 Å². The predicted molar refractivity (Wildman–Crippen MR) is 73.2 cm³/mol. The minimum atomic E-state index is -0.724. The Bertz CT molecular complexity index is 553. The van der Waals surface area contributed by atoms with Gasteiger partial charge < -0.3 is 0 Å². The maximum atomic E-state index is 12.5. The van der Waals surface area contributed by atoms with E-state index in [1.165, 1.54) is 4.90 Å². The Kier molecular flexibility index (Phi) is 3.71. The normalized spacial score (nSPS) is 22.3. The Balaban J connectivity index is 2.23. The van der Waals surface area contributed by atoms with Gasteiger partial charge in [0.15, 0.2) is 0 Å². The van der Waals surface area contributed by atoms with Crippen molar-refractivity contribution in [2.75, 3.05) is 6.54 Å². The van der Waals surface area contributed by atoms with Crippen LogP contribution in [-0.4, -0.2) is 23.3 Å². The van der Waals surface area contributed by atoms with E-state index in [9.17, 15) is 9.59 Å². The Hall–Kier alpha value is -2.08. The molecule has 0 radical (unpaired) electrons. The molecule has 0 N–H and O–H groups in total. The molecule has 2 rings (SSSR count). The standard InChI is InChI=1S/C16H17NO2/c1-3-4-8-11-17-14(18)12-16(2,15(17)19)13-9-6-5-7-10-13/h5-7,9-10H,8,11-12H2,1-2H3. The molecule has 1 aliphatic heterocycles. The molecule has 0 aromatic heterocycles. The van der Waals surface area contributed by atoms with Gasteiger partial charge in [-0.05, 0) is 19.4 Å². The van der Waals surface area contributed by atoms with Crippen LogP contribution in [0.15, 0.2) is 30.3 Å². The monoisotopic (exact) mass is 255 g/mol. The summed E-state index contributed by atoms with van der Waals surface area (Å²) in [4.78, 5) is 25.9. The molecule has 1 aromatic carbocycles.